The molecule has 0 amide bonds. The summed E-state index contributed by atoms with van der Waals surface area (Å²) in [5.74, 6) is 0.863. The Labute approximate surface area is 133 Å². The highest BCUT2D eigenvalue weighted by molar-refractivity contribution is 4.79. The Morgan fingerprint density at radius 2 is 1.14 bits per heavy atom. The van der Waals surface area contributed by atoms with Gasteiger partial charge in [0.25, 0.3) is 0 Å². The summed E-state index contributed by atoms with van der Waals surface area (Å²) in [7, 11) is 0. The largest absolute Gasteiger partial charge is 0.313 e. The minimum absolute atomic E-state index is 0.140. The zero-order valence-corrected chi connectivity index (χ0v) is 15.4. The second-order valence-electron chi connectivity index (χ2n) is 9.15. The average Bonchev–Trinajstić information content (AvgIpc) is 2.39. The minimum Gasteiger partial charge on any atom is -0.313 e. The lowest BCUT2D eigenvalue weighted by Gasteiger charge is -2.36. The fraction of sp³-hybridized carbons (Fsp3) is 1.00. The molecule has 0 aliphatic heterocycles. The summed E-state index contributed by atoms with van der Waals surface area (Å²) in [4.78, 5) is 0. The normalized spacial score (nSPS) is 27.4. The van der Waals surface area contributed by atoms with Crippen molar-refractivity contribution < 1.29 is 5.21 Å². The van der Waals surface area contributed by atoms with Crippen molar-refractivity contribution in [1.29, 1.82) is 0 Å². The lowest BCUT2D eigenvalue weighted by molar-refractivity contribution is -0.190. The van der Waals surface area contributed by atoms with Gasteiger partial charge in [-0.3, -0.25) is 0 Å². The Bertz CT molecular complexity index is 287. The molecule has 0 radical (unpaired) electrons. The van der Waals surface area contributed by atoms with E-state index in [4.69, 9.17) is 0 Å². The Kier molecular flexibility index (Phi) is 7.19. The molecule has 2 nitrogen and oxygen atoms in total. The molecule has 0 spiro atoms. The lowest BCUT2D eigenvalue weighted by Crippen LogP contribution is -2.45. The first-order valence-corrected chi connectivity index (χ1v) is 9.10. The summed E-state index contributed by atoms with van der Waals surface area (Å²) in [5.41, 5.74) is 0.306. The van der Waals surface area contributed by atoms with Crippen LogP contribution in [0.15, 0.2) is 0 Å². The summed E-state index contributed by atoms with van der Waals surface area (Å²) >= 11 is 0. The van der Waals surface area contributed by atoms with Gasteiger partial charge in [-0.1, -0.05) is 52.9 Å². The van der Waals surface area contributed by atoms with Crippen LogP contribution >= 0.6 is 0 Å². The molecule has 1 fully saturated rings. The molecule has 2 heteroatoms. The van der Waals surface area contributed by atoms with Gasteiger partial charge < -0.3 is 5.21 Å². The van der Waals surface area contributed by atoms with Crippen molar-refractivity contribution in [3.63, 3.8) is 0 Å². The van der Waals surface area contributed by atoms with Crippen molar-refractivity contribution in [2.75, 3.05) is 0 Å². The van der Waals surface area contributed by atoms with Gasteiger partial charge in [0.2, 0.25) is 0 Å². The molecular weight excluding hydrogens is 258 g/mol. The van der Waals surface area contributed by atoms with E-state index in [1.165, 1.54) is 44.9 Å². The zero-order chi connectivity index (χ0) is 16.1. The number of hydroxylamine groups is 2. The molecule has 1 aliphatic carbocycles. The van der Waals surface area contributed by atoms with E-state index in [1.54, 1.807) is 5.06 Å². The molecule has 1 saturated carbocycles. The Morgan fingerprint density at radius 1 is 0.714 bits per heavy atom. The van der Waals surface area contributed by atoms with Crippen molar-refractivity contribution in [3.8, 4) is 0 Å². The van der Waals surface area contributed by atoms with E-state index in [0.29, 0.717) is 11.5 Å². The topological polar surface area (TPSA) is 23.5 Å². The van der Waals surface area contributed by atoms with Crippen LogP contribution in [0.5, 0.6) is 0 Å². The van der Waals surface area contributed by atoms with Crippen LogP contribution in [0.1, 0.15) is 99.3 Å². The van der Waals surface area contributed by atoms with Gasteiger partial charge >= 0.3 is 0 Å². The molecule has 0 saturated heterocycles. The second-order valence-corrected chi connectivity index (χ2v) is 9.15. The maximum Gasteiger partial charge on any atom is 0.0379 e. The molecule has 2 unspecified atom stereocenters. The Morgan fingerprint density at radius 3 is 1.62 bits per heavy atom. The van der Waals surface area contributed by atoms with Crippen LogP contribution < -0.4 is 0 Å². The molecule has 0 aromatic heterocycles. The standard InChI is InChI=1S/C19H39NO/c1-18(2,3)16-12-8-7-9-14-17(15-11-10-13-16)20(21)19(4,5)6/h16-17,21H,7-15H2,1-6H3. The van der Waals surface area contributed by atoms with Crippen molar-refractivity contribution in [3.05, 3.63) is 0 Å². The maximum absolute atomic E-state index is 10.5. The highest BCUT2D eigenvalue weighted by Gasteiger charge is 2.28. The van der Waals surface area contributed by atoms with E-state index in [9.17, 15) is 5.21 Å². The first-order valence-electron chi connectivity index (χ1n) is 9.10. The molecule has 1 rings (SSSR count). The molecule has 1 aliphatic rings. The molecule has 21 heavy (non-hydrogen) atoms. The predicted molar refractivity (Wildman–Crippen MR) is 91.7 cm³/mol. The van der Waals surface area contributed by atoms with E-state index < -0.39 is 0 Å². The SMILES string of the molecule is CC(C)(C)C1CCCCCC(N(O)C(C)(C)C)CCCC1. The maximum atomic E-state index is 10.5. The predicted octanol–water partition coefficient (Wildman–Crippen LogP) is 6.03. The van der Waals surface area contributed by atoms with Crippen molar-refractivity contribution in [1.82, 2.24) is 5.06 Å². The summed E-state index contributed by atoms with van der Waals surface area (Å²) in [6, 6.07) is 0.344. The third kappa shape index (κ3) is 6.69. The quantitative estimate of drug-likeness (QED) is 0.597. The number of rotatable bonds is 1. The van der Waals surface area contributed by atoms with Gasteiger partial charge in [-0.25, -0.2) is 0 Å². The van der Waals surface area contributed by atoms with E-state index in [-0.39, 0.29) is 5.54 Å². The van der Waals surface area contributed by atoms with Gasteiger partial charge in [0.15, 0.2) is 0 Å². The molecular formula is C19H39NO. The molecule has 0 heterocycles. The van der Waals surface area contributed by atoms with Gasteiger partial charge in [-0.05, 0) is 57.8 Å². The third-order valence-electron chi connectivity index (χ3n) is 5.19. The summed E-state index contributed by atoms with van der Waals surface area (Å²) in [5, 5.41) is 12.1. The van der Waals surface area contributed by atoms with Crippen LogP contribution in [0, 0.1) is 11.3 Å². The first kappa shape index (κ1) is 19.0. The highest BCUT2D eigenvalue weighted by Crippen LogP contribution is 2.35. The van der Waals surface area contributed by atoms with Crippen LogP contribution in [0.3, 0.4) is 0 Å². The highest BCUT2D eigenvalue weighted by atomic mass is 16.5. The van der Waals surface area contributed by atoms with E-state index in [2.05, 4.69) is 41.5 Å². The summed E-state index contributed by atoms with van der Waals surface area (Å²) in [6.07, 6.45) is 11.5. The minimum atomic E-state index is -0.140. The van der Waals surface area contributed by atoms with E-state index in [0.717, 1.165) is 18.8 Å². The Hall–Kier alpha value is -0.0800. The Balaban J connectivity index is 2.59. The van der Waals surface area contributed by atoms with Crippen LogP contribution in [0.25, 0.3) is 0 Å². The van der Waals surface area contributed by atoms with Gasteiger partial charge in [0, 0.05) is 11.6 Å². The van der Waals surface area contributed by atoms with Gasteiger partial charge in [0.1, 0.15) is 0 Å². The third-order valence-corrected chi connectivity index (χ3v) is 5.19. The van der Waals surface area contributed by atoms with Gasteiger partial charge in [-0.15, -0.1) is 0 Å². The number of nitrogens with zero attached hydrogens (tertiary/aromatic N) is 1. The van der Waals surface area contributed by atoms with Crippen LogP contribution in [0.4, 0.5) is 0 Å². The molecule has 0 aromatic rings. The van der Waals surface area contributed by atoms with Gasteiger partial charge in [-0.2, -0.15) is 5.06 Å². The van der Waals surface area contributed by atoms with Crippen molar-refractivity contribution >= 4 is 0 Å². The van der Waals surface area contributed by atoms with Crippen molar-refractivity contribution in [2.45, 2.75) is 111 Å². The van der Waals surface area contributed by atoms with Crippen molar-refractivity contribution in [2.24, 2.45) is 11.3 Å². The summed E-state index contributed by atoms with van der Waals surface area (Å²) < 4.78 is 0. The number of hydrogen-bond acceptors (Lipinski definition) is 2. The van der Waals surface area contributed by atoms with Crippen LogP contribution in [0.2, 0.25) is 0 Å². The van der Waals surface area contributed by atoms with E-state index >= 15 is 0 Å². The molecule has 126 valence electrons. The molecule has 2 atom stereocenters. The molecule has 1 N–H and O–H groups in total. The van der Waals surface area contributed by atoms with Crippen LogP contribution in [-0.4, -0.2) is 21.9 Å². The fourth-order valence-electron chi connectivity index (χ4n) is 3.67. The smallest absolute Gasteiger partial charge is 0.0379 e. The zero-order valence-electron chi connectivity index (χ0n) is 15.4. The summed E-state index contributed by atoms with van der Waals surface area (Å²) in [6.45, 7) is 13.5. The average molecular weight is 298 g/mol. The monoisotopic (exact) mass is 297 g/mol. The van der Waals surface area contributed by atoms with Gasteiger partial charge in [0.05, 0.1) is 0 Å². The lowest BCUT2D eigenvalue weighted by atomic mass is 9.75. The van der Waals surface area contributed by atoms with Crippen LogP contribution in [-0.2, 0) is 0 Å². The number of hydrogen-bond donors (Lipinski definition) is 1. The fourth-order valence-corrected chi connectivity index (χ4v) is 3.67. The van der Waals surface area contributed by atoms with E-state index in [1.807, 2.05) is 0 Å². The second kappa shape index (κ2) is 7.97. The first-order chi connectivity index (χ1) is 9.62. The molecule has 0 aromatic carbocycles. The molecule has 0 bridgehead atoms.